The Balaban J connectivity index is 3.29. The first-order valence-electron chi connectivity index (χ1n) is 19.9. The van der Waals surface area contributed by atoms with Crippen molar-refractivity contribution in [2.75, 3.05) is 6.54 Å². The standard InChI is InChI=1S/C39H61N9O14/c1-19(2)16-26(46-36(58)30(20(3)4)48-33(55)23(40)13-14-28(49)50)35(57)45-25(17-22-10-7-6-8-11-22)31(53)37(59)47-27(18-29(51)52)34(56)43-21(5)32(54)44-24(38(60)61)12-9-15-42-39(41)62/h6-8,10-11,19-21,23-27,30-31,53H,9,12-18,40H2,1-5H3,(H,43,56)(H,44,54)(H,45,57)(H,46,58)(H,47,59)(H,48,55)(H,49,50)(H,51,52)(H,60,61)(H3,41,42,62)/t21-,23-,24-,25-,26-,27-,30-,31+/m0/s1. The van der Waals surface area contributed by atoms with Crippen LogP contribution in [0.2, 0.25) is 0 Å². The highest BCUT2D eigenvalue weighted by atomic mass is 16.4. The Morgan fingerprint density at radius 1 is 0.645 bits per heavy atom. The normalized spacial score (nSPS) is 14.9. The zero-order valence-corrected chi connectivity index (χ0v) is 35.3. The number of primary amides is 1. The summed E-state index contributed by atoms with van der Waals surface area (Å²) in [6.45, 7) is 7.94. The first-order valence-corrected chi connectivity index (χ1v) is 19.9. The van der Waals surface area contributed by atoms with Crippen LogP contribution < -0.4 is 48.7 Å². The van der Waals surface area contributed by atoms with Crippen LogP contribution in [-0.2, 0) is 49.6 Å². The fourth-order valence-corrected chi connectivity index (χ4v) is 5.84. The highest BCUT2D eigenvalue weighted by Crippen LogP contribution is 2.13. The minimum Gasteiger partial charge on any atom is -0.481 e. The fraction of sp³-hybridized carbons (Fsp3) is 0.590. The van der Waals surface area contributed by atoms with Gasteiger partial charge in [-0.25, -0.2) is 9.59 Å². The average Bonchev–Trinajstić information content (AvgIpc) is 3.18. The Morgan fingerprint density at radius 3 is 1.76 bits per heavy atom. The predicted octanol–water partition coefficient (Wildman–Crippen LogP) is -2.58. The monoisotopic (exact) mass is 879 g/mol. The molecule has 0 spiro atoms. The zero-order valence-electron chi connectivity index (χ0n) is 35.3. The van der Waals surface area contributed by atoms with Crippen LogP contribution in [0.4, 0.5) is 4.79 Å². The Hall–Kier alpha value is -6.36. The van der Waals surface area contributed by atoms with Gasteiger partial charge in [0, 0.05) is 13.0 Å². The number of urea groups is 1. The van der Waals surface area contributed by atoms with E-state index >= 15 is 0 Å². The Morgan fingerprint density at radius 2 is 1.23 bits per heavy atom. The second-order valence-corrected chi connectivity index (χ2v) is 15.4. The molecule has 0 saturated heterocycles. The van der Waals surface area contributed by atoms with Gasteiger partial charge in [-0.3, -0.25) is 38.4 Å². The number of amides is 8. The van der Waals surface area contributed by atoms with E-state index in [4.69, 9.17) is 16.6 Å². The summed E-state index contributed by atoms with van der Waals surface area (Å²) < 4.78 is 0. The number of carboxylic acids is 3. The molecule has 0 aromatic heterocycles. The van der Waals surface area contributed by atoms with Crippen LogP contribution in [0, 0.1) is 11.8 Å². The van der Waals surface area contributed by atoms with E-state index in [1.165, 1.54) is 6.92 Å². The maximum Gasteiger partial charge on any atom is 0.326 e. The summed E-state index contributed by atoms with van der Waals surface area (Å²) >= 11 is 0. The van der Waals surface area contributed by atoms with Gasteiger partial charge >= 0.3 is 23.9 Å². The van der Waals surface area contributed by atoms with Gasteiger partial charge in [-0.1, -0.05) is 58.0 Å². The molecule has 0 saturated carbocycles. The molecule has 15 N–H and O–H groups in total. The van der Waals surface area contributed by atoms with E-state index in [9.17, 15) is 63.3 Å². The van der Waals surface area contributed by atoms with Crippen LogP contribution >= 0.6 is 0 Å². The summed E-state index contributed by atoms with van der Waals surface area (Å²) in [6.07, 6.45) is -3.91. The molecule has 23 heteroatoms. The molecule has 0 aliphatic carbocycles. The Kier molecular flexibility index (Phi) is 23.2. The molecule has 8 amide bonds. The lowest BCUT2D eigenvalue weighted by Crippen LogP contribution is -2.61. The molecule has 1 aromatic carbocycles. The minimum absolute atomic E-state index is 0.0180. The topological polar surface area (TPSA) is 388 Å². The molecule has 1 rings (SSSR count). The largest absolute Gasteiger partial charge is 0.481 e. The number of benzene rings is 1. The molecule has 23 nitrogen and oxygen atoms in total. The second-order valence-electron chi connectivity index (χ2n) is 15.4. The van der Waals surface area contributed by atoms with Crippen LogP contribution in [0.1, 0.15) is 78.7 Å². The highest BCUT2D eigenvalue weighted by Gasteiger charge is 2.36. The molecule has 0 aliphatic rings. The number of hydrogen-bond donors (Lipinski definition) is 13. The first-order chi connectivity index (χ1) is 28.9. The number of nitrogens with two attached hydrogens (primary N) is 2. The van der Waals surface area contributed by atoms with Crippen molar-refractivity contribution >= 4 is 59.4 Å². The molecular formula is C39H61N9O14. The second kappa shape index (κ2) is 26.8. The van der Waals surface area contributed by atoms with Crippen LogP contribution in [0.3, 0.4) is 0 Å². The van der Waals surface area contributed by atoms with Gasteiger partial charge in [-0.05, 0) is 56.4 Å². The lowest BCUT2D eigenvalue weighted by atomic mass is 9.97. The van der Waals surface area contributed by atoms with Crippen molar-refractivity contribution in [1.82, 2.24) is 37.2 Å². The lowest BCUT2D eigenvalue weighted by molar-refractivity contribution is -0.144. The van der Waals surface area contributed by atoms with Crippen molar-refractivity contribution in [2.24, 2.45) is 23.3 Å². The smallest absolute Gasteiger partial charge is 0.326 e. The van der Waals surface area contributed by atoms with Gasteiger partial charge in [-0.2, -0.15) is 0 Å². The predicted molar refractivity (Wildman–Crippen MR) is 219 cm³/mol. The molecule has 0 aliphatic heterocycles. The number of nitrogens with one attached hydrogen (secondary N) is 7. The van der Waals surface area contributed by atoms with Crippen molar-refractivity contribution < 1.29 is 68.4 Å². The van der Waals surface area contributed by atoms with Gasteiger partial charge in [0.15, 0.2) is 6.10 Å². The van der Waals surface area contributed by atoms with E-state index in [0.29, 0.717) is 5.56 Å². The number of carbonyl (C=O) groups is 10. The van der Waals surface area contributed by atoms with E-state index in [0.717, 1.165) is 0 Å². The average molecular weight is 880 g/mol. The molecule has 8 atom stereocenters. The molecular weight excluding hydrogens is 818 g/mol. The van der Waals surface area contributed by atoms with Gasteiger partial charge in [0.25, 0.3) is 5.91 Å². The van der Waals surface area contributed by atoms with Gasteiger partial charge in [0.05, 0.1) is 18.5 Å². The number of rotatable bonds is 28. The summed E-state index contributed by atoms with van der Waals surface area (Å²) in [5.41, 5.74) is 11.3. The van der Waals surface area contributed by atoms with Crippen molar-refractivity contribution in [2.45, 2.75) is 128 Å². The van der Waals surface area contributed by atoms with Gasteiger partial charge in [0.2, 0.25) is 29.5 Å². The molecule has 62 heavy (non-hydrogen) atoms. The number of carboxylic acid groups (broad SMARTS) is 3. The van der Waals surface area contributed by atoms with E-state index < -0.39 is 120 Å². The number of aliphatic hydroxyl groups excluding tert-OH is 1. The Bertz CT molecular complexity index is 1730. The van der Waals surface area contributed by atoms with Gasteiger partial charge in [-0.15, -0.1) is 0 Å². The molecule has 0 fully saturated rings. The van der Waals surface area contributed by atoms with E-state index in [-0.39, 0.29) is 51.0 Å². The molecule has 0 bridgehead atoms. The number of carbonyl (C=O) groups excluding carboxylic acids is 7. The third-order valence-electron chi connectivity index (χ3n) is 9.22. The quantitative estimate of drug-likeness (QED) is 0.0385. The van der Waals surface area contributed by atoms with Crippen LogP contribution in [0.15, 0.2) is 30.3 Å². The summed E-state index contributed by atoms with van der Waals surface area (Å²) in [4.78, 5) is 125. The summed E-state index contributed by atoms with van der Waals surface area (Å²) in [7, 11) is 0. The minimum atomic E-state index is -2.14. The van der Waals surface area contributed by atoms with Crippen molar-refractivity contribution in [3.63, 3.8) is 0 Å². The van der Waals surface area contributed by atoms with Crippen LogP contribution in [0.5, 0.6) is 0 Å². The van der Waals surface area contributed by atoms with E-state index in [1.54, 1.807) is 58.0 Å². The third-order valence-corrected chi connectivity index (χ3v) is 9.22. The maximum absolute atomic E-state index is 13.9. The van der Waals surface area contributed by atoms with Crippen molar-refractivity contribution in [3.8, 4) is 0 Å². The molecule has 0 unspecified atom stereocenters. The number of aliphatic hydroxyl groups is 1. The van der Waals surface area contributed by atoms with E-state index in [2.05, 4.69) is 37.2 Å². The lowest BCUT2D eigenvalue weighted by Gasteiger charge is -2.30. The first kappa shape index (κ1) is 53.7. The SMILES string of the molecule is CC(C)C[C@H](NC(=O)[C@@H](NC(=O)[C@@H](N)CCC(=O)O)C(C)C)C(=O)N[C@@H](Cc1ccccc1)[C@@H](O)C(=O)N[C@@H](CC(=O)O)C(=O)N[C@@H](C)C(=O)N[C@@H](CCCNC(N)=O)C(=O)O. The van der Waals surface area contributed by atoms with Crippen molar-refractivity contribution in [1.29, 1.82) is 0 Å². The molecule has 1 aromatic rings. The van der Waals surface area contributed by atoms with Gasteiger partial charge < -0.3 is 69.1 Å². The zero-order chi connectivity index (χ0) is 47.3. The molecule has 0 heterocycles. The van der Waals surface area contributed by atoms with Gasteiger partial charge in [0.1, 0.15) is 30.2 Å². The van der Waals surface area contributed by atoms with Crippen molar-refractivity contribution in [3.05, 3.63) is 35.9 Å². The van der Waals surface area contributed by atoms with Crippen LogP contribution in [-0.4, -0.2) is 135 Å². The third kappa shape index (κ3) is 20.3. The Labute approximate surface area is 358 Å². The summed E-state index contributed by atoms with van der Waals surface area (Å²) in [5.74, 6) is -10.8. The molecule has 0 radical (unpaired) electrons. The fourth-order valence-electron chi connectivity index (χ4n) is 5.84. The highest BCUT2D eigenvalue weighted by molar-refractivity contribution is 5.96. The number of aliphatic carboxylic acids is 3. The summed E-state index contributed by atoms with van der Waals surface area (Å²) in [6, 6.07) is -2.54. The molecule has 346 valence electrons. The van der Waals surface area contributed by atoms with Crippen LogP contribution in [0.25, 0.3) is 0 Å². The van der Waals surface area contributed by atoms with E-state index in [1.807, 2.05) is 0 Å². The maximum atomic E-state index is 13.9. The summed E-state index contributed by atoms with van der Waals surface area (Å²) in [5, 5.41) is 55.9. The number of hydrogen-bond acceptors (Lipinski definition) is 12.